The maximum atomic E-state index is 11.6. The van der Waals surface area contributed by atoms with Crippen LogP contribution < -0.4 is 5.32 Å². The van der Waals surface area contributed by atoms with Gasteiger partial charge in [-0.15, -0.1) is 0 Å². The van der Waals surface area contributed by atoms with E-state index >= 15 is 0 Å². The van der Waals surface area contributed by atoms with Crippen molar-refractivity contribution in [2.45, 2.75) is 49.5 Å². The highest BCUT2D eigenvalue weighted by atomic mass is 32.2. The highest BCUT2D eigenvalue weighted by molar-refractivity contribution is 8.00. The van der Waals surface area contributed by atoms with Crippen molar-refractivity contribution in [3.05, 3.63) is 0 Å². The first-order chi connectivity index (χ1) is 7.92. The van der Waals surface area contributed by atoms with Crippen LogP contribution in [0.2, 0.25) is 0 Å². The lowest BCUT2D eigenvalue weighted by atomic mass is 10.1. The van der Waals surface area contributed by atoms with Gasteiger partial charge in [0.05, 0.1) is 11.0 Å². The van der Waals surface area contributed by atoms with Gasteiger partial charge >= 0.3 is 0 Å². The highest BCUT2D eigenvalue weighted by Gasteiger charge is 2.32. The molecule has 1 aliphatic carbocycles. The summed E-state index contributed by atoms with van der Waals surface area (Å²) in [4.78, 5) is 0. The Balaban J connectivity index is 2.28. The molecule has 102 valence electrons. The molecule has 0 heterocycles. The third-order valence-electron chi connectivity index (χ3n) is 3.68. The summed E-state index contributed by atoms with van der Waals surface area (Å²) in [6.07, 6.45) is 7.31. The summed E-state index contributed by atoms with van der Waals surface area (Å²) in [7, 11) is -2.89. The van der Waals surface area contributed by atoms with Gasteiger partial charge < -0.3 is 5.32 Å². The number of nitrogens with one attached hydrogen (secondary N) is 1. The number of rotatable bonds is 7. The Labute approximate surface area is 110 Å². The van der Waals surface area contributed by atoms with Crippen molar-refractivity contribution < 1.29 is 8.42 Å². The number of thioether (sulfide) groups is 1. The molecule has 1 aliphatic rings. The monoisotopic (exact) mass is 279 g/mol. The summed E-state index contributed by atoms with van der Waals surface area (Å²) in [6, 6.07) is 0. The van der Waals surface area contributed by atoms with Crippen molar-refractivity contribution >= 4 is 21.6 Å². The zero-order valence-corrected chi connectivity index (χ0v) is 12.8. The minimum atomic E-state index is -2.89. The molecule has 0 bridgehead atoms. The van der Waals surface area contributed by atoms with Crippen LogP contribution in [0.25, 0.3) is 0 Å². The smallest absolute Gasteiger partial charge is 0.153 e. The minimum absolute atomic E-state index is 0.259. The van der Waals surface area contributed by atoms with Crippen LogP contribution in [0.5, 0.6) is 0 Å². The summed E-state index contributed by atoms with van der Waals surface area (Å²) in [5, 5.41) is 3.07. The molecule has 0 aliphatic heterocycles. The SMILES string of the molecule is CSC1(CNCCS(=O)(=O)C(C)C)CCCC1. The Hall–Kier alpha value is 0.260. The van der Waals surface area contributed by atoms with E-state index in [1.165, 1.54) is 25.7 Å². The van der Waals surface area contributed by atoms with Crippen molar-refractivity contribution in [2.24, 2.45) is 0 Å². The molecule has 5 heteroatoms. The van der Waals surface area contributed by atoms with Crippen LogP contribution in [0.4, 0.5) is 0 Å². The fraction of sp³-hybridized carbons (Fsp3) is 1.00. The lowest BCUT2D eigenvalue weighted by molar-refractivity contribution is 0.539. The molecule has 0 aromatic rings. The summed E-state index contributed by atoms with van der Waals surface area (Å²) in [6.45, 7) is 5.02. The van der Waals surface area contributed by atoms with Crippen LogP contribution in [0.15, 0.2) is 0 Å². The molecule has 0 atom stereocenters. The average Bonchev–Trinajstić information content (AvgIpc) is 2.74. The second-order valence-electron chi connectivity index (χ2n) is 5.19. The maximum Gasteiger partial charge on any atom is 0.153 e. The van der Waals surface area contributed by atoms with Crippen LogP contribution in [0.1, 0.15) is 39.5 Å². The van der Waals surface area contributed by atoms with E-state index in [-0.39, 0.29) is 11.0 Å². The molecule has 0 amide bonds. The molecule has 3 nitrogen and oxygen atoms in total. The largest absolute Gasteiger partial charge is 0.314 e. The molecule has 0 spiro atoms. The van der Waals surface area contributed by atoms with Crippen LogP contribution in [-0.4, -0.2) is 43.5 Å². The quantitative estimate of drug-likeness (QED) is 0.725. The molecule has 0 radical (unpaired) electrons. The van der Waals surface area contributed by atoms with E-state index in [4.69, 9.17) is 0 Å². The molecule has 0 aromatic heterocycles. The molecule has 1 N–H and O–H groups in total. The van der Waals surface area contributed by atoms with E-state index < -0.39 is 9.84 Å². The van der Waals surface area contributed by atoms with Gasteiger partial charge in [0.2, 0.25) is 0 Å². The van der Waals surface area contributed by atoms with Gasteiger partial charge in [0, 0.05) is 17.8 Å². The standard InChI is InChI=1S/C12H25NO2S2/c1-11(2)17(14,15)9-8-13-10-12(16-3)6-4-5-7-12/h11,13H,4-10H2,1-3H3. The number of sulfone groups is 1. The second-order valence-corrected chi connectivity index (χ2v) is 9.14. The topological polar surface area (TPSA) is 46.2 Å². The van der Waals surface area contributed by atoms with E-state index in [0.717, 1.165) is 6.54 Å². The van der Waals surface area contributed by atoms with Crippen LogP contribution >= 0.6 is 11.8 Å². The maximum absolute atomic E-state index is 11.6. The first kappa shape index (κ1) is 15.3. The molecule has 0 saturated heterocycles. The molecule has 1 saturated carbocycles. The first-order valence-corrected chi connectivity index (χ1v) is 9.33. The van der Waals surface area contributed by atoms with E-state index in [0.29, 0.717) is 11.3 Å². The van der Waals surface area contributed by atoms with E-state index in [1.54, 1.807) is 13.8 Å². The molecular formula is C12H25NO2S2. The fourth-order valence-electron chi connectivity index (χ4n) is 2.24. The lowest BCUT2D eigenvalue weighted by Gasteiger charge is -2.27. The summed E-state index contributed by atoms with van der Waals surface area (Å²) in [5.41, 5.74) is 0. The highest BCUT2D eigenvalue weighted by Crippen LogP contribution is 2.39. The van der Waals surface area contributed by atoms with E-state index in [9.17, 15) is 8.42 Å². The van der Waals surface area contributed by atoms with Gasteiger partial charge in [-0.05, 0) is 32.9 Å². The Morgan fingerprint density at radius 3 is 2.35 bits per heavy atom. The van der Waals surface area contributed by atoms with Gasteiger partial charge in [0.25, 0.3) is 0 Å². The minimum Gasteiger partial charge on any atom is -0.314 e. The Kier molecular flexibility index (Phi) is 5.80. The first-order valence-electron chi connectivity index (χ1n) is 6.39. The van der Waals surface area contributed by atoms with Crippen molar-refractivity contribution in [2.75, 3.05) is 25.1 Å². The fourth-order valence-corrected chi connectivity index (χ4v) is 4.08. The Morgan fingerprint density at radius 1 is 1.29 bits per heavy atom. The van der Waals surface area contributed by atoms with Crippen molar-refractivity contribution in [3.8, 4) is 0 Å². The van der Waals surface area contributed by atoms with Gasteiger partial charge in [-0.3, -0.25) is 0 Å². The Bertz CT molecular complexity index is 319. The van der Waals surface area contributed by atoms with Gasteiger partial charge in [0.1, 0.15) is 0 Å². The normalized spacial score (nSPS) is 20.0. The van der Waals surface area contributed by atoms with Crippen molar-refractivity contribution in [3.63, 3.8) is 0 Å². The second kappa shape index (κ2) is 6.43. The predicted octanol–water partition coefficient (Wildman–Crippen LogP) is 2.07. The third kappa shape index (κ3) is 4.45. The molecular weight excluding hydrogens is 254 g/mol. The summed E-state index contributed by atoms with van der Waals surface area (Å²) in [5.74, 6) is 0.259. The average molecular weight is 279 g/mol. The summed E-state index contributed by atoms with van der Waals surface area (Å²) < 4.78 is 23.6. The number of hydrogen-bond donors (Lipinski definition) is 1. The van der Waals surface area contributed by atoms with Gasteiger partial charge in [-0.2, -0.15) is 11.8 Å². The van der Waals surface area contributed by atoms with Crippen molar-refractivity contribution in [1.82, 2.24) is 5.32 Å². The van der Waals surface area contributed by atoms with Gasteiger partial charge in [0.15, 0.2) is 9.84 Å². The Morgan fingerprint density at radius 2 is 1.88 bits per heavy atom. The molecule has 0 unspecified atom stereocenters. The molecule has 17 heavy (non-hydrogen) atoms. The summed E-state index contributed by atoms with van der Waals surface area (Å²) >= 11 is 1.93. The molecule has 1 rings (SSSR count). The third-order valence-corrected chi connectivity index (χ3v) is 7.30. The number of hydrogen-bond acceptors (Lipinski definition) is 4. The predicted molar refractivity (Wildman–Crippen MR) is 76.5 cm³/mol. The van der Waals surface area contributed by atoms with E-state index in [1.807, 2.05) is 11.8 Å². The lowest BCUT2D eigenvalue weighted by Crippen LogP contribution is -2.38. The van der Waals surface area contributed by atoms with Crippen molar-refractivity contribution in [1.29, 1.82) is 0 Å². The van der Waals surface area contributed by atoms with Gasteiger partial charge in [-0.1, -0.05) is 12.8 Å². The van der Waals surface area contributed by atoms with Crippen LogP contribution in [-0.2, 0) is 9.84 Å². The van der Waals surface area contributed by atoms with Crippen LogP contribution in [0, 0.1) is 0 Å². The van der Waals surface area contributed by atoms with E-state index in [2.05, 4.69) is 11.6 Å². The zero-order chi connectivity index (χ0) is 12.9. The zero-order valence-electron chi connectivity index (χ0n) is 11.2. The molecule has 1 fully saturated rings. The van der Waals surface area contributed by atoms with Crippen LogP contribution in [0.3, 0.4) is 0 Å². The molecule has 0 aromatic carbocycles. The van der Waals surface area contributed by atoms with Gasteiger partial charge in [-0.25, -0.2) is 8.42 Å².